The molecule has 268 valence electrons. The van der Waals surface area contributed by atoms with Gasteiger partial charge in [0, 0.05) is 12.4 Å². The predicted molar refractivity (Wildman–Crippen MR) is 185 cm³/mol. The Morgan fingerprint density at radius 1 is 0.920 bits per heavy atom. The zero-order valence-corrected chi connectivity index (χ0v) is 29.8. The largest absolute Gasteiger partial charge is 0.510 e. The number of aromatic nitrogens is 4. The molecule has 2 aromatic carbocycles. The van der Waals surface area contributed by atoms with E-state index >= 15 is 0 Å². The molecule has 2 heterocycles. The smallest absolute Gasteiger partial charge is 0.493 e. The molecule has 0 fully saturated rings. The van der Waals surface area contributed by atoms with Gasteiger partial charge in [0.1, 0.15) is 6.61 Å². The second-order valence-electron chi connectivity index (χ2n) is 12.0. The summed E-state index contributed by atoms with van der Waals surface area (Å²) in [5.41, 5.74) is 0.639. The Morgan fingerprint density at radius 2 is 1.60 bits per heavy atom. The second-order valence-corrected chi connectivity index (χ2v) is 13.8. The molecule has 1 atom stereocenters. The molecule has 1 unspecified atom stereocenters. The maximum absolute atomic E-state index is 14.8. The highest BCUT2D eigenvalue weighted by Crippen LogP contribution is 2.44. The van der Waals surface area contributed by atoms with Crippen LogP contribution in [-0.4, -0.2) is 72.8 Å². The number of para-hydroxylation sites is 2. The minimum absolute atomic E-state index is 0.0298. The van der Waals surface area contributed by atoms with Crippen LogP contribution in [0.2, 0.25) is 0 Å². The molecule has 1 N–H and O–H groups in total. The van der Waals surface area contributed by atoms with Crippen LogP contribution >= 0.6 is 0 Å². The lowest BCUT2D eigenvalue weighted by Gasteiger charge is -2.30. The van der Waals surface area contributed by atoms with Gasteiger partial charge in [-0.05, 0) is 54.7 Å². The number of nitrogens with zero attached hydrogens (tertiary/aromatic N) is 5. The number of hydrogen-bond acceptors (Lipinski definition) is 13. The van der Waals surface area contributed by atoms with Crippen LogP contribution in [0.3, 0.4) is 0 Å². The van der Waals surface area contributed by atoms with E-state index < -0.39 is 29.0 Å². The molecule has 0 aliphatic rings. The molecule has 4 rings (SSSR count). The number of hydrogen-bond donors (Lipinski definition) is 1. The number of carbonyl (C=O) groups excluding carboxylic acids is 1. The van der Waals surface area contributed by atoms with Crippen LogP contribution in [0.5, 0.6) is 23.1 Å². The first-order valence-electron chi connectivity index (χ1n) is 16.1. The minimum Gasteiger partial charge on any atom is -0.493 e. The lowest BCUT2D eigenvalue weighted by Crippen LogP contribution is -2.42. The number of aliphatic hydroxyl groups excluding tert-OH is 1. The predicted octanol–water partition coefficient (Wildman–Crippen LogP) is 6.29. The standard InChI is InChI=1S/C35H43N5O9S/c1-7-8-11-22-47-34(42)48-24(2)40(50(43,44)26-17-15-25(16-18-26)35(3,4)5)32-29(49-28-14-10-9-13-27(28)45-6)33(46-23-21-41)39-31(38-32)30-36-19-12-20-37-30/h9-10,12-20,24,41H,7-8,11,21-23H2,1-6H3. The second kappa shape index (κ2) is 17.1. The Kier molecular flexibility index (Phi) is 12.9. The van der Waals surface area contributed by atoms with Gasteiger partial charge in [-0.15, -0.1) is 0 Å². The number of carbonyl (C=O) groups is 1. The topological polar surface area (TPSA) is 172 Å². The summed E-state index contributed by atoms with van der Waals surface area (Å²) in [6.45, 7) is 8.83. The molecule has 0 spiro atoms. The van der Waals surface area contributed by atoms with Crippen molar-refractivity contribution in [1.29, 1.82) is 0 Å². The van der Waals surface area contributed by atoms with Crippen LogP contribution in [0.25, 0.3) is 11.6 Å². The molecule has 15 heteroatoms. The van der Waals surface area contributed by atoms with Gasteiger partial charge in [0.2, 0.25) is 11.6 Å². The third-order valence-electron chi connectivity index (χ3n) is 7.24. The van der Waals surface area contributed by atoms with Crippen LogP contribution < -0.4 is 18.5 Å². The van der Waals surface area contributed by atoms with Crippen LogP contribution in [0.15, 0.2) is 71.9 Å². The Balaban J connectivity index is 1.98. The van der Waals surface area contributed by atoms with Crippen molar-refractivity contribution in [3.05, 3.63) is 72.6 Å². The number of aliphatic hydroxyl groups is 1. The van der Waals surface area contributed by atoms with Crippen molar-refractivity contribution < 1.29 is 42.0 Å². The molecule has 0 aliphatic carbocycles. The minimum atomic E-state index is -4.60. The van der Waals surface area contributed by atoms with Crippen molar-refractivity contribution in [3.8, 4) is 34.8 Å². The third-order valence-corrected chi connectivity index (χ3v) is 9.10. The normalized spacial score (nSPS) is 12.1. The lowest BCUT2D eigenvalue weighted by molar-refractivity contribution is 0.0316. The number of methoxy groups -OCH3 is 1. The van der Waals surface area contributed by atoms with Gasteiger partial charge in [0.15, 0.2) is 29.4 Å². The van der Waals surface area contributed by atoms with Gasteiger partial charge in [-0.1, -0.05) is 64.8 Å². The van der Waals surface area contributed by atoms with E-state index in [0.29, 0.717) is 12.2 Å². The molecule has 0 amide bonds. The third kappa shape index (κ3) is 9.36. The zero-order chi connectivity index (χ0) is 36.3. The molecular formula is C35H43N5O9S. The summed E-state index contributed by atoms with van der Waals surface area (Å²) < 4.78 is 58.7. The monoisotopic (exact) mass is 709 g/mol. The lowest BCUT2D eigenvalue weighted by atomic mass is 9.87. The van der Waals surface area contributed by atoms with E-state index in [9.17, 15) is 18.3 Å². The van der Waals surface area contributed by atoms with Gasteiger partial charge in [0.05, 0.1) is 25.2 Å². The number of ether oxygens (including phenoxy) is 5. The number of anilines is 1. The Bertz CT molecular complexity index is 1820. The highest BCUT2D eigenvalue weighted by atomic mass is 32.2. The molecule has 0 bridgehead atoms. The van der Waals surface area contributed by atoms with Crippen molar-refractivity contribution in [2.75, 3.05) is 31.2 Å². The number of benzene rings is 2. The molecule has 50 heavy (non-hydrogen) atoms. The number of rotatable bonds is 16. The Morgan fingerprint density at radius 3 is 2.22 bits per heavy atom. The van der Waals surface area contributed by atoms with Crippen LogP contribution in [0.4, 0.5) is 10.6 Å². The summed E-state index contributed by atoms with van der Waals surface area (Å²) in [6, 6.07) is 14.6. The molecule has 0 saturated carbocycles. The molecule has 14 nitrogen and oxygen atoms in total. The van der Waals surface area contributed by atoms with E-state index in [1.54, 1.807) is 42.5 Å². The Labute approximate surface area is 292 Å². The quantitative estimate of drug-likeness (QED) is 0.0782. The fourth-order valence-corrected chi connectivity index (χ4v) is 6.17. The summed E-state index contributed by atoms with van der Waals surface area (Å²) in [4.78, 5) is 30.3. The van der Waals surface area contributed by atoms with Gasteiger partial charge < -0.3 is 28.8 Å². The highest BCUT2D eigenvalue weighted by Gasteiger charge is 2.38. The van der Waals surface area contributed by atoms with Crippen molar-refractivity contribution >= 4 is 22.0 Å². The number of sulfonamides is 1. The average Bonchev–Trinajstić information content (AvgIpc) is 3.10. The fourth-order valence-electron chi connectivity index (χ4n) is 4.68. The van der Waals surface area contributed by atoms with Crippen molar-refractivity contribution in [2.45, 2.75) is 70.4 Å². The first-order chi connectivity index (χ1) is 23.9. The molecule has 0 radical (unpaired) electrons. The van der Waals surface area contributed by atoms with Gasteiger partial charge in [-0.3, -0.25) is 0 Å². The first kappa shape index (κ1) is 37.8. The molecule has 0 saturated heterocycles. The van der Waals surface area contributed by atoms with Crippen LogP contribution in [0.1, 0.15) is 59.4 Å². The summed E-state index contributed by atoms with van der Waals surface area (Å²) in [5.74, 6) is -0.574. The van der Waals surface area contributed by atoms with E-state index in [1.165, 1.54) is 38.6 Å². The number of unbranched alkanes of at least 4 members (excludes halogenated alkanes) is 2. The molecule has 2 aromatic heterocycles. The van der Waals surface area contributed by atoms with Crippen LogP contribution in [0, 0.1) is 0 Å². The Hall–Kier alpha value is -5.02. The fraction of sp³-hybridized carbons (Fsp3) is 0.400. The van der Waals surface area contributed by atoms with Crippen molar-refractivity contribution in [2.24, 2.45) is 0 Å². The summed E-state index contributed by atoms with van der Waals surface area (Å²) in [6.07, 6.45) is 2.64. The molecule has 0 aliphatic heterocycles. The van der Waals surface area contributed by atoms with E-state index in [4.69, 9.17) is 23.7 Å². The molecular weight excluding hydrogens is 666 g/mol. The first-order valence-corrected chi connectivity index (χ1v) is 17.6. The van der Waals surface area contributed by atoms with Gasteiger partial charge in [-0.25, -0.2) is 32.5 Å². The molecule has 4 aromatic rings. The summed E-state index contributed by atoms with van der Waals surface area (Å²) in [7, 11) is -3.16. The van der Waals surface area contributed by atoms with E-state index in [1.807, 2.05) is 27.7 Å². The maximum Gasteiger partial charge on any atom is 0.510 e. The van der Waals surface area contributed by atoms with Crippen LogP contribution in [-0.2, 0) is 24.9 Å². The zero-order valence-electron chi connectivity index (χ0n) is 29.0. The van der Waals surface area contributed by atoms with E-state index in [0.717, 1.165) is 22.7 Å². The highest BCUT2D eigenvalue weighted by molar-refractivity contribution is 7.92. The summed E-state index contributed by atoms with van der Waals surface area (Å²) in [5, 5.41) is 9.67. The van der Waals surface area contributed by atoms with Gasteiger partial charge in [0.25, 0.3) is 15.9 Å². The van der Waals surface area contributed by atoms with Crippen molar-refractivity contribution in [1.82, 2.24) is 19.9 Å². The van der Waals surface area contributed by atoms with Gasteiger partial charge in [-0.2, -0.15) is 4.98 Å². The van der Waals surface area contributed by atoms with Gasteiger partial charge >= 0.3 is 6.16 Å². The SMILES string of the molecule is CCCCCOC(=O)OC(C)N(c1nc(-c2ncccn2)nc(OCCO)c1Oc1ccccc1OC)S(=O)(=O)c1ccc(C(C)(C)C)cc1. The van der Waals surface area contributed by atoms with Crippen molar-refractivity contribution in [3.63, 3.8) is 0 Å². The van der Waals surface area contributed by atoms with E-state index in [-0.39, 0.29) is 58.4 Å². The maximum atomic E-state index is 14.8. The average molecular weight is 710 g/mol. The van der Waals surface area contributed by atoms with E-state index in [2.05, 4.69) is 19.9 Å². The summed E-state index contributed by atoms with van der Waals surface area (Å²) >= 11 is 0.